The van der Waals surface area contributed by atoms with Crippen molar-refractivity contribution in [2.24, 2.45) is 5.73 Å². The quantitative estimate of drug-likeness (QED) is 0.772. The van der Waals surface area contributed by atoms with Crippen LogP contribution in [0, 0.1) is 0 Å². The Hall–Kier alpha value is -1.79. The number of ether oxygens (including phenoxy) is 1. The van der Waals surface area contributed by atoms with Gasteiger partial charge in [-0.05, 0) is 37.0 Å². The van der Waals surface area contributed by atoms with E-state index >= 15 is 0 Å². The lowest BCUT2D eigenvalue weighted by atomic mass is 10.1. The fourth-order valence-corrected chi connectivity index (χ4v) is 2.85. The molecule has 1 aliphatic carbocycles. The zero-order valence-electron chi connectivity index (χ0n) is 12.1. The lowest BCUT2D eigenvalue weighted by Crippen LogP contribution is -2.35. The summed E-state index contributed by atoms with van der Waals surface area (Å²) < 4.78 is 5.29. The molecule has 6 nitrogen and oxygen atoms in total. The number of anilines is 1. The van der Waals surface area contributed by atoms with E-state index in [0.717, 1.165) is 24.8 Å². The summed E-state index contributed by atoms with van der Waals surface area (Å²) in [5.41, 5.74) is 7.31. The Morgan fingerprint density at radius 2 is 2.23 bits per heavy atom. The van der Waals surface area contributed by atoms with Crippen molar-refractivity contribution in [2.75, 3.05) is 11.9 Å². The molecule has 1 aliphatic heterocycles. The molecule has 4 N–H and O–H groups in total. The van der Waals surface area contributed by atoms with Crippen molar-refractivity contribution in [1.29, 1.82) is 0 Å². The maximum absolute atomic E-state index is 12.0. The number of nitrogens with one attached hydrogen (secondary N) is 2. The number of halogens is 1. The van der Waals surface area contributed by atoms with Gasteiger partial charge in [-0.15, -0.1) is 12.4 Å². The first-order valence-corrected chi connectivity index (χ1v) is 7.20. The highest BCUT2D eigenvalue weighted by Gasteiger charge is 2.23. The molecule has 120 valence electrons. The van der Waals surface area contributed by atoms with E-state index in [9.17, 15) is 9.59 Å². The van der Waals surface area contributed by atoms with Gasteiger partial charge >= 0.3 is 0 Å². The molecule has 1 saturated carbocycles. The van der Waals surface area contributed by atoms with E-state index in [1.807, 2.05) is 6.07 Å². The van der Waals surface area contributed by atoms with Crippen LogP contribution in [0.15, 0.2) is 18.2 Å². The SMILES string of the molecule is Cl.N[C@@H]1CC[C@@H](NC(=O)Cc2ccc3c(c2)NC(=O)CO3)C1. The van der Waals surface area contributed by atoms with E-state index < -0.39 is 0 Å². The van der Waals surface area contributed by atoms with Crippen LogP contribution in [0.2, 0.25) is 0 Å². The number of hydrogen-bond donors (Lipinski definition) is 3. The largest absolute Gasteiger partial charge is 0.482 e. The Morgan fingerprint density at radius 1 is 1.41 bits per heavy atom. The molecule has 22 heavy (non-hydrogen) atoms. The predicted octanol–water partition coefficient (Wildman–Crippen LogP) is 0.978. The molecule has 2 atom stereocenters. The van der Waals surface area contributed by atoms with E-state index in [2.05, 4.69) is 10.6 Å². The summed E-state index contributed by atoms with van der Waals surface area (Å²) in [6.45, 7) is 0.0365. The van der Waals surface area contributed by atoms with E-state index in [4.69, 9.17) is 10.5 Å². The Bertz CT molecular complexity index is 579. The van der Waals surface area contributed by atoms with Gasteiger partial charge in [0.1, 0.15) is 5.75 Å². The predicted molar refractivity (Wildman–Crippen MR) is 85.3 cm³/mol. The van der Waals surface area contributed by atoms with Gasteiger partial charge in [-0.25, -0.2) is 0 Å². The van der Waals surface area contributed by atoms with E-state index in [-0.39, 0.29) is 49.3 Å². The molecular formula is C15H20ClN3O3. The first-order chi connectivity index (χ1) is 10.1. The molecule has 7 heteroatoms. The first-order valence-electron chi connectivity index (χ1n) is 7.20. The molecule has 2 aliphatic rings. The van der Waals surface area contributed by atoms with Gasteiger partial charge < -0.3 is 21.1 Å². The van der Waals surface area contributed by atoms with Gasteiger partial charge in [0.2, 0.25) is 5.91 Å². The minimum atomic E-state index is -0.177. The minimum absolute atomic E-state index is 0. The second-order valence-electron chi connectivity index (χ2n) is 5.68. The minimum Gasteiger partial charge on any atom is -0.482 e. The standard InChI is InChI=1S/C15H19N3O3.ClH/c16-10-2-3-11(7-10)17-14(19)6-9-1-4-13-12(5-9)18-15(20)8-21-13;/h1,4-5,10-11H,2-3,6-8,16H2,(H,17,19)(H,18,20);1H/t10-,11-;/m1./s1. The summed E-state index contributed by atoms with van der Waals surface area (Å²) in [5, 5.41) is 5.75. The average molecular weight is 326 g/mol. The van der Waals surface area contributed by atoms with Gasteiger partial charge in [-0.3, -0.25) is 9.59 Å². The molecule has 0 spiro atoms. The number of hydrogen-bond acceptors (Lipinski definition) is 4. The molecule has 0 unspecified atom stereocenters. The van der Waals surface area contributed by atoms with Crippen LogP contribution in [0.4, 0.5) is 5.69 Å². The van der Waals surface area contributed by atoms with Gasteiger partial charge in [-0.2, -0.15) is 0 Å². The molecule has 3 rings (SSSR count). The third kappa shape index (κ3) is 3.90. The fourth-order valence-electron chi connectivity index (χ4n) is 2.85. The molecule has 0 bridgehead atoms. The third-order valence-corrected chi connectivity index (χ3v) is 3.88. The highest BCUT2D eigenvalue weighted by atomic mass is 35.5. The van der Waals surface area contributed by atoms with Gasteiger partial charge in [0.25, 0.3) is 5.91 Å². The van der Waals surface area contributed by atoms with E-state index in [1.165, 1.54) is 0 Å². The van der Waals surface area contributed by atoms with Crippen molar-refractivity contribution >= 4 is 29.9 Å². The van der Waals surface area contributed by atoms with Crippen LogP contribution in [0.25, 0.3) is 0 Å². The Morgan fingerprint density at radius 3 is 2.95 bits per heavy atom. The Balaban J connectivity index is 0.00000176. The van der Waals surface area contributed by atoms with Crippen LogP contribution in [0.5, 0.6) is 5.75 Å². The lowest BCUT2D eigenvalue weighted by molar-refractivity contribution is -0.121. The van der Waals surface area contributed by atoms with Crippen LogP contribution in [-0.2, 0) is 16.0 Å². The maximum atomic E-state index is 12.0. The second kappa shape index (κ2) is 6.98. The zero-order chi connectivity index (χ0) is 14.8. The smallest absolute Gasteiger partial charge is 0.262 e. The van der Waals surface area contributed by atoms with Gasteiger partial charge in [-0.1, -0.05) is 6.07 Å². The molecule has 0 saturated heterocycles. The van der Waals surface area contributed by atoms with Crippen molar-refractivity contribution < 1.29 is 14.3 Å². The van der Waals surface area contributed by atoms with Crippen LogP contribution in [-0.4, -0.2) is 30.5 Å². The summed E-state index contributed by atoms with van der Waals surface area (Å²) in [6, 6.07) is 5.80. The Kier molecular flexibility index (Phi) is 5.26. The molecule has 0 radical (unpaired) electrons. The molecule has 1 aromatic rings. The number of carbonyl (C=O) groups excluding carboxylic acids is 2. The Labute approximate surface area is 135 Å². The first kappa shape index (κ1) is 16.6. The molecule has 1 heterocycles. The summed E-state index contributed by atoms with van der Waals surface area (Å²) in [5.74, 6) is 0.446. The van der Waals surface area contributed by atoms with Crippen molar-refractivity contribution in [2.45, 2.75) is 37.8 Å². The van der Waals surface area contributed by atoms with Gasteiger partial charge in [0.15, 0.2) is 6.61 Å². The van der Waals surface area contributed by atoms with Gasteiger partial charge in [0.05, 0.1) is 12.1 Å². The molecular weight excluding hydrogens is 306 g/mol. The number of benzene rings is 1. The maximum Gasteiger partial charge on any atom is 0.262 e. The van der Waals surface area contributed by atoms with Crippen LogP contribution in [0.1, 0.15) is 24.8 Å². The fraction of sp³-hybridized carbons (Fsp3) is 0.467. The van der Waals surface area contributed by atoms with Crippen molar-refractivity contribution in [3.63, 3.8) is 0 Å². The van der Waals surface area contributed by atoms with E-state index in [1.54, 1.807) is 12.1 Å². The summed E-state index contributed by atoms with van der Waals surface area (Å²) in [4.78, 5) is 23.3. The number of carbonyl (C=O) groups is 2. The van der Waals surface area contributed by atoms with Crippen LogP contribution < -0.4 is 21.1 Å². The highest BCUT2D eigenvalue weighted by Crippen LogP contribution is 2.28. The number of nitrogens with two attached hydrogens (primary N) is 1. The monoisotopic (exact) mass is 325 g/mol. The van der Waals surface area contributed by atoms with Gasteiger partial charge in [0, 0.05) is 12.1 Å². The third-order valence-electron chi connectivity index (χ3n) is 3.88. The molecule has 1 fully saturated rings. The zero-order valence-corrected chi connectivity index (χ0v) is 12.9. The summed E-state index contributed by atoms with van der Waals surface area (Å²) in [7, 11) is 0. The highest BCUT2D eigenvalue weighted by molar-refractivity contribution is 5.95. The van der Waals surface area contributed by atoms with Crippen LogP contribution >= 0.6 is 12.4 Å². The second-order valence-corrected chi connectivity index (χ2v) is 5.68. The normalized spacial score (nSPS) is 22.9. The number of amides is 2. The van der Waals surface area contributed by atoms with E-state index in [0.29, 0.717) is 11.4 Å². The molecule has 0 aromatic heterocycles. The summed E-state index contributed by atoms with van der Waals surface area (Å²) >= 11 is 0. The molecule has 1 aromatic carbocycles. The lowest BCUT2D eigenvalue weighted by Gasteiger charge is -2.18. The molecule has 2 amide bonds. The number of rotatable bonds is 3. The van der Waals surface area contributed by atoms with Crippen molar-refractivity contribution in [3.8, 4) is 5.75 Å². The number of fused-ring (bicyclic) bond motifs is 1. The van der Waals surface area contributed by atoms with Crippen LogP contribution in [0.3, 0.4) is 0 Å². The van der Waals surface area contributed by atoms with Crippen molar-refractivity contribution in [3.05, 3.63) is 23.8 Å². The topological polar surface area (TPSA) is 93.5 Å². The summed E-state index contributed by atoms with van der Waals surface area (Å²) in [6.07, 6.45) is 3.04. The average Bonchev–Trinajstić information content (AvgIpc) is 2.83. The van der Waals surface area contributed by atoms with Crippen molar-refractivity contribution in [1.82, 2.24) is 5.32 Å².